The van der Waals surface area contributed by atoms with Crippen LogP contribution in [0.2, 0.25) is 18.1 Å². The van der Waals surface area contributed by atoms with Crippen LogP contribution in [0.15, 0.2) is 0 Å². The Hall–Kier alpha value is -0.683. The summed E-state index contributed by atoms with van der Waals surface area (Å²) in [6.45, 7) is 11.6. The van der Waals surface area contributed by atoms with Gasteiger partial charge in [-0.05, 0) is 68.0 Å². The van der Waals surface area contributed by atoms with E-state index in [-0.39, 0.29) is 34.7 Å². The van der Waals surface area contributed by atoms with Gasteiger partial charge in [0.25, 0.3) is 0 Å². The molecule has 4 atom stereocenters. The van der Waals surface area contributed by atoms with E-state index in [1.54, 1.807) is 0 Å². The minimum absolute atomic E-state index is 0.0288. The van der Waals surface area contributed by atoms with E-state index < -0.39 is 8.32 Å². The number of carbonyl (C=O) groups excluding carboxylic acids is 2. The second-order valence-corrected chi connectivity index (χ2v) is 16.1. The monoisotopic (exact) mass is 464 g/mol. The van der Waals surface area contributed by atoms with E-state index in [1.165, 1.54) is 25.7 Å². The molecule has 184 valence electrons. The molecule has 0 aromatic heterocycles. The molecule has 32 heavy (non-hydrogen) atoms. The summed E-state index contributed by atoms with van der Waals surface area (Å²) < 4.78 is 13.2. The SMILES string of the molecule is CC[Si](CC)(CC)OC1(COC(=O)[C@@H](C)[C@H]2CC[C@H]3C(=O)CCC[C@@]23C)CCCCCC1. The predicted molar refractivity (Wildman–Crippen MR) is 132 cm³/mol. The van der Waals surface area contributed by atoms with Crippen molar-refractivity contribution in [1.82, 2.24) is 0 Å². The quantitative estimate of drug-likeness (QED) is 0.208. The first-order chi connectivity index (χ1) is 15.2. The van der Waals surface area contributed by atoms with Crippen molar-refractivity contribution in [2.24, 2.45) is 23.2 Å². The smallest absolute Gasteiger partial charge is 0.309 e. The number of ketones is 1. The van der Waals surface area contributed by atoms with Gasteiger partial charge in [0.05, 0.1) is 11.5 Å². The average Bonchev–Trinajstić information content (AvgIpc) is 2.99. The van der Waals surface area contributed by atoms with Gasteiger partial charge in [0.15, 0.2) is 8.32 Å². The molecule has 0 bridgehead atoms. The Kier molecular flexibility index (Phi) is 8.68. The number of hydrogen-bond acceptors (Lipinski definition) is 4. The molecule has 0 N–H and O–H groups in total. The number of carbonyl (C=O) groups is 2. The number of fused-ring (bicyclic) bond motifs is 1. The van der Waals surface area contributed by atoms with E-state index in [4.69, 9.17) is 9.16 Å². The predicted octanol–water partition coefficient (Wildman–Crippen LogP) is 7.07. The summed E-state index contributed by atoms with van der Waals surface area (Å²) >= 11 is 0. The summed E-state index contributed by atoms with van der Waals surface area (Å²) in [5.41, 5.74) is -0.317. The van der Waals surface area contributed by atoms with E-state index in [1.807, 2.05) is 6.92 Å². The number of ether oxygens (including phenoxy) is 1. The molecule has 0 aromatic rings. The minimum atomic E-state index is -1.80. The van der Waals surface area contributed by atoms with Crippen molar-refractivity contribution in [3.05, 3.63) is 0 Å². The van der Waals surface area contributed by atoms with Crippen molar-refractivity contribution in [3.8, 4) is 0 Å². The summed E-state index contributed by atoms with van der Waals surface area (Å²) in [6.07, 6.45) is 11.6. The van der Waals surface area contributed by atoms with Crippen molar-refractivity contribution in [2.45, 2.75) is 129 Å². The lowest BCUT2D eigenvalue weighted by molar-refractivity contribution is -0.160. The first-order valence-electron chi connectivity index (χ1n) is 13.6. The summed E-state index contributed by atoms with van der Waals surface area (Å²) in [6, 6.07) is 3.38. The van der Waals surface area contributed by atoms with Gasteiger partial charge in [-0.2, -0.15) is 0 Å². The van der Waals surface area contributed by atoms with Gasteiger partial charge < -0.3 is 9.16 Å². The van der Waals surface area contributed by atoms with Crippen LogP contribution in [-0.2, 0) is 18.8 Å². The highest BCUT2D eigenvalue weighted by Gasteiger charge is 2.54. The second kappa shape index (κ2) is 10.7. The van der Waals surface area contributed by atoms with E-state index >= 15 is 0 Å². The standard InChI is InChI=1S/C27H48O4Si/c1-6-32(7-2,8-3)31-27(18-11-9-10-12-19-27)20-30-25(29)21(4)22-15-16-23-24(28)14-13-17-26(22,23)5/h21-23H,6-20H2,1-5H3/t21-,22+,23-,26-/m0/s1. The third-order valence-electron chi connectivity index (χ3n) is 9.77. The highest BCUT2D eigenvalue weighted by molar-refractivity contribution is 6.73. The summed E-state index contributed by atoms with van der Waals surface area (Å²) in [4.78, 5) is 25.8. The molecule has 0 amide bonds. The molecular weight excluding hydrogens is 416 g/mol. The summed E-state index contributed by atoms with van der Waals surface area (Å²) in [7, 11) is -1.80. The third kappa shape index (κ3) is 5.19. The summed E-state index contributed by atoms with van der Waals surface area (Å²) in [5, 5.41) is 0. The molecule has 3 aliphatic rings. The molecule has 3 rings (SSSR count). The zero-order valence-electron chi connectivity index (χ0n) is 21.5. The Balaban J connectivity index is 1.70. The van der Waals surface area contributed by atoms with Crippen LogP contribution in [-0.4, -0.2) is 32.3 Å². The molecule has 0 heterocycles. The maximum absolute atomic E-state index is 13.3. The van der Waals surface area contributed by atoms with Crippen LogP contribution in [0, 0.1) is 23.2 Å². The average molecular weight is 465 g/mol. The lowest BCUT2D eigenvalue weighted by Gasteiger charge is -2.43. The molecule has 0 aromatic carbocycles. The number of rotatable bonds is 9. The number of Topliss-reactive ketones (excluding diaryl/α,β-unsaturated/α-hetero) is 1. The van der Waals surface area contributed by atoms with Crippen LogP contribution < -0.4 is 0 Å². The topological polar surface area (TPSA) is 52.6 Å². The van der Waals surface area contributed by atoms with Crippen molar-refractivity contribution < 1.29 is 18.8 Å². The summed E-state index contributed by atoms with van der Waals surface area (Å²) in [5.74, 6) is 0.611. The van der Waals surface area contributed by atoms with E-state index in [9.17, 15) is 9.59 Å². The molecule has 0 aliphatic heterocycles. The van der Waals surface area contributed by atoms with Gasteiger partial charge in [-0.25, -0.2) is 0 Å². The molecule has 3 fully saturated rings. The maximum Gasteiger partial charge on any atom is 0.309 e. The molecule has 4 nitrogen and oxygen atoms in total. The van der Waals surface area contributed by atoms with E-state index in [0.29, 0.717) is 12.4 Å². The van der Waals surface area contributed by atoms with Gasteiger partial charge in [0.2, 0.25) is 0 Å². The lowest BCUT2D eigenvalue weighted by Crippen LogP contribution is -2.50. The fourth-order valence-electron chi connectivity index (χ4n) is 7.36. The third-order valence-corrected chi connectivity index (χ3v) is 14.5. The van der Waals surface area contributed by atoms with Crippen LogP contribution in [0.4, 0.5) is 0 Å². The first-order valence-corrected chi connectivity index (χ1v) is 16.2. The lowest BCUT2D eigenvalue weighted by atomic mass is 9.62. The maximum atomic E-state index is 13.3. The second-order valence-electron chi connectivity index (χ2n) is 11.4. The van der Waals surface area contributed by atoms with Crippen molar-refractivity contribution in [1.29, 1.82) is 0 Å². The largest absolute Gasteiger partial charge is 0.462 e. The normalized spacial score (nSPS) is 31.6. The minimum Gasteiger partial charge on any atom is -0.462 e. The molecule has 0 saturated heterocycles. The Morgan fingerprint density at radius 2 is 1.62 bits per heavy atom. The Morgan fingerprint density at radius 3 is 2.22 bits per heavy atom. The molecule has 3 saturated carbocycles. The van der Waals surface area contributed by atoms with Crippen LogP contribution >= 0.6 is 0 Å². The highest BCUT2D eigenvalue weighted by Crippen LogP contribution is 2.56. The molecule has 0 radical (unpaired) electrons. The van der Waals surface area contributed by atoms with Gasteiger partial charge in [-0.1, -0.05) is 60.3 Å². The first kappa shape index (κ1) is 25.9. The van der Waals surface area contributed by atoms with Gasteiger partial charge in [-0.3, -0.25) is 9.59 Å². The van der Waals surface area contributed by atoms with Crippen LogP contribution in [0.1, 0.15) is 105 Å². The van der Waals surface area contributed by atoms with Crippen LogP contribution in [0.3, 0.4) is 0 Å². The van der Waals surface area contributed by atoms with Crippen molar-refractivity contribution in [2.75, 3.05) is 6.61 Å². The van der Waals surface area contributed by atoms with Gasteiger partial charge in [-0.15, -0.1) is 0 Å². The van der Waals surface area contributed by atoms with E-state index in [2.05, 4.69) is 27.7 Å². The molecule has 5 heteroatoms. The fourth-order valence-corrected chi connectivity index (χ4v) is 10.5. The van der Waals surface area contributed by atoms with Crippen molar-refractivity contribution in [3.63, 3.8) is 0 Å². The zero-order chi connectivity index (χ0) is 23.4. The highest BCUT2D eigenvalue weighted by atomic mass is 28.4. The molecule has 3 aliphatic carbocycles. The van der Waals surface area contributed by atoms with Crippen molar-refractivity contribution >= 4 is 20.1 Å². The molecule has 0 unspecified atom stereocenters. The number of hydrogen-bond donors (Lipinski definition) is 0. The van der Waals surface area contributed by atoms with Crippen LogP contribution in [0.5, 0.6) is 0 Å². The van der Waals surface area contributed by atoms with Gasteiger partial charge in [0, 0.05) is 12.3 Å². The number of esters is 1. The van der Waals surface area contributed by atoms with Gasteiger partial charge in [0.1, 0.15) is 12.4 Å². The molecular formula is C27H48O4Si. The zero-order valence-corrected chi connectivity index (χ0v) is 22.5. The Morgan fingerprint density at radius 1 is 1.00 bits per heavy atom. The van der Waals surface area contributed by atoms with E-state index in [0.717, 1.165) is 63.1 Å². The van der Waals surface area contributed by atoms with Crippen LogP contribution in [0.25, 0.3) is 0 Å². The Bertz CT molecular complexity index is 642. The van der Waals surface area contributed by atoms with Gasteiger partial charge >= 0.3 is 5.97 Å². The molecule has 0 spiro atoms. The Labute approximate surface area is 197 Å². The fraction of sp³-hybridized carbons (Fsp3) is 0.926.